The molecule has 0 aliphatic heterocycles. The highest BCUT2D eigenvalue weighted by Crippen LogP contribution is 2.20. The van der Waals surface area contributed by atoms with Crippen molar-refractivity contribution in [3.05, 3.63) is 58.0 Å². The third-order valence-corrected chi connectivity index (χ3v) is 3.54. The highest BCUT2D eigenvalue weighted by molar-refractivity contribution is 9.10. The first-order valence-corrected chi connectivity index (χ1v) is 7.05. The van der Waals surface area contributed by atoms with Crippen LogP contribution >= 0.6 is 15.9 Å². The van der Waals surface area contributed by atoms with E-state index in [0.29, 0.717) is 0 Å². The zero-order valence-electron chi connectivity index (χ0n) is 10.7. The van der Waals surface area contributed by atoms with E-state index in [0.717, 1.165) is 23.4 Å². The van der Waals surface area contributed by atoms with Crippen LogP contribution in [0.3, 0.4) is 0 Å². The minimum atomic E-state index is 0.209. The van der Waals surface area contributed by atoms with E-state index in [-0.39, 0.29) is 6.04 Å². The van der Waals surface area contributed by atoms with Gasteiger partial charge in [0.15, 0.2) is 4.67 Å². The Morgan fingerprint density at radius 3 is 2.50 bits per heavy atom. The van der Waals surface area contributed by atoms with Crippen LogP contribution in [0.15, 0.2) is 45.5 Å². The Hall–Kier alpha value is -1.06. The number of aryl methyl sites for hydroxylation is 1. The minimum absolute atomic E-state index is 0.209. The predicted molar refractivity (Wildman–Crippen MR) is 77.5 cm³/mol. The molecule has 2 nitrogen and oxygen atoms in total. The van der Waals surface area contributed by atoms with E-state index < -0.39 is 0 Å². The molecule has 0 radical (unpaired) electrons. The van der Waals surface area contributed by atoms with Gasteiger partial charge < -0.3 is 9.73 Å². The molecule has 0 saturated heterocycles. The average Bonchev–Trinajstić information content (AvgIpc) is 2.83. The Morgan fingerprint density at radius 1 is 1.17 bits per heavy atom. The van der Waals surface area contributed by atoms with Crippen LogP contribution in [0.25, 0.3) is 0 Å². The van der Waals surface area contributed by atoms with Crippen LogP contribution in [0.4, 0.5) is 0 Å². The van der Waals surface area contributed by atoms with E-state index in [2.05, 4.69) is 59.4 Å². The molecule has 1 atom stereocenters. The van der Waals surface area contributed by atoms with Crippen molar-refractivity contribution < 1.29 is 4.42 Å². The molecule has 96 valence electrons. The molecular weight excluding hydrogens is 290 g/mol. The summed E-state index contributed by atoms with van der Waals surface area (Å²) < 4.78 is 6.32. The fourth-order valence-corrected chi connectivity index (χ4v) is 2.32. The van der Waals surface area contributed by atoms with Crippen molar-refractivity contribution in [2.75, 3.05) is 0 Å². The summed E-state index contributed by atoms with van der Waals surface area (Å²) in [5, 5.41) is 3.49. The van der Waals surface area contributed by atoms with Gasteiger partial charge in [-0.05, 0) is 52.5 Å². The van der Waals surface area contributed by atoms with Gasteiger partial charge in [-0.1, -0.05) is 31.2 Å². The molecule has 1 heterocycles. The fraction of sp³-hybridized carbons (Fsp3) is 0.333. The zero-order valence-corrected chi connectivity index (χ0v) is 12.3. The summed E-state index contributed by atoms with van der Waals surface area (Å²) in [6.07, 6.45) is 1.07. The molecule has 0 amide bonds. The highest BCUT2D eigenvalue weighted by Gasteiger charge is 2.09. The molecule has 2 rings (SSSR count). The molecule has 0 bridgehead atoms. The van der Waals surface area contributed by atoms with Gasteiger partial charge in [0.1, 0.15) is 5.76 Å². The number of furan rings is 1. The highest BCUT2D eigenvalue weighted by atomic mass is 79.9. The van der Waals surface area contributed by atoms with E-state index in [4.69, 9.17) is 4.42 Å². The number of halogens is 1. The van der Waals surface area contributed by atoms with Crippen molar-refractivity contribution in [1.29, 1.82) is 0 Å². The molecule has 1 aromatic carbocycles. The Balaban J connectivity index is 1.99. The summed E-state index contributed by atoms with van der Waals surface area (Å²) in [6.45, 7) is 5.16. The molecule has 18 heavy (non-hydrogen) atoms. The van der Waals surface area contributed by atoms with Gasteiger partial charge in [0, 0.05) is 6.54 Å². The first-order valence-electron chi connectivity index (χ1n) is 6.26. The van der Waals surface area contributed by atoms with Gasteiger partial charge in [0.2, 0.25) is 0 Å². The van der Waals surface area contributed by atoms with Crippen LogP contribution in [-0.4, -0.2) is 0 Å². The predicted octanol–water partition coefficient (Wildman–Crippen LogP) is 4.46. The molecule has 0 aliphatic carbocycles. The van der Waals surface area contributed by atoms with Gasteiger partial charge in [-0.25, -0.2) is 0 Å². The van der Waals surface area contributed by atoms with Gasteiger partial charge >= 0.3 is 0 Å². The SMILES string of the molecule is CCc1ccccc1CNC(C)c1ccc(Br)o1. The second-order valence-corrected chi connectivity index (χ2v) is 5.15. The summed E-state index contributed by atoms with van der Waals surface area (Å²) in [4.78, 5) is 0. The van der Waals surface area contributed by atoms with Gasteiger partial charge in [-0.2, -0.15) is 0 Å². The maximum Gasteiger partial charge on any atom is 0.169 e. The van der Waals surface area contributed by atoms with Crippen LogP contribution in [-0.2, 0) is 13.0 Å². The van der Waals surface area contributed by atoms with E-state index in [9.17, 15) is 0 Å². The lowest BCUT2D eigenvalue weighted by Crippen LogP contribution is -2.18. The molecular formula is C15H18BrNO. The topological polar surface area (TPSA) is 25.2 Å². The second-order valence-electron chi connectivity index (χ2n) is 4.37. The van der Waals surface area contributed by atoms with Crippen molar-refractivity contribution in [3.63, 3.8) is 0 Å². The maximum absolute atomic E-state index is 5.54. The Bertz CT molecular complexity index is 507. The van der Waals surface area contributed by atoms with Crippen molar-refractivity contribution in [3.8, 4) is 0 Å². The van der Waals surface area contributed by atoms with E-state index in [1.807, 2.05) is 12.1 Å². The van der Waals surface area contributed by atoms with Crippen LogP contribution in [0.5, 0.6) is 0 Å². The Labute approximate surface area is 117 Å². The number of hydrogen-bond donors (Lipinski definition) is 1. The number of benzene rings is 1. The molecule has 1 aromatic heterocycles. The summed E-state index contributed by atoms with van der Waals surface area (Å²) in [7, 11) is 0. The van der Waals surface area contributed by atoms with Crippen LogP contribution < -0.4 is 5.32 Å². The monoisotopic (exact) mass is 307 g/mol. The minimum Gasteiger partial charge on any atom is -0.453 e. The fourth-order valence-electron chi connectivity index (χ4n) is 2.00. The van der Waals surface area contributed by atoms with Gasteiger partial charge in [0.05, 0.1) is 6.04 Å². The summed E-state index contributed by atoms with van der Waals surface area (Å²) in [5.41, 5.74) is 2.76. The smallest absolute Gasteiger partial charge is 0.169 e. The molecule has 0 aliphatic rings. The van der Waals surface area contributed by atoms with Gasteiger partial charge in [-0.3, -0.25) is 0 Å². The maximum atomic E-state index is 5.54. The molecule has 0 saturated carbocycles. The summed E-state index contributed by atoms with van der Waals surface area (Å²) in [6, 6.07) is 12.7. The van der Waals surface area contributed by atoms with Crippen LogP contribution in [0.2, 0.25) is 0 Å². The molecule has 1 unspecified atom stereocenters. The normalized spacial score (nSPS) is 12.6. The van der Waals surface area contributed by atoms with Crippen LogP contribution in [0, 0.1) is 0 Å². The quantitative estimate of drug-likeness (QED) is 0.882. The zero-order chi connectivity index (χ0) is 13.0. The molecule has 0 fully saturated rings. The van der Waals surface area contributed by atoms with Crippen molar-refractivity contribution in [2.24, 2.45) is 0 Å². The third kappa shape index (κ3) is 3.24. The average molecular weight is 308 g/mol. The number of nitrogens with one attached hydrogen (secondary N) is 1. The van der Waals surface area contributed by atoms with Gasteiger partial charge in [0.25, 0.3) is 0 Å². The van der Waals surface area contributed by atoms with E-state index in [1.165, 1.54) is 11.1 Å². The van der Waals surface area contributed by atoms with Crippen molar-refractivity contribution >= 4 is 15.9 Å². The lowest BCUT2D eigenvalue weighted by atomic mass is 10.1. The summed E-state index contributed by atoms with van der Waals surface area (Å²) >= 11 is 3.32. The third-order valence-electron chi connectivity index (χ3n) is 3.12. The Morgan fingerprint density at radius 2 is 1.89 bits per heavy atom. The molecule has 0 spiro atoms. The van der Waals surface area contributed by atoms with Crippen molar-refractivity contribution in [1.82, 2.24) is 5.32 Å². The van der Waals surface area contributed by atoms with Crippen LogP contribution in [0.1, 0.15) is 36.8 Å². The lowest BCUT2D eigenvalue weighted by Gasteiger charge is -2.13. The second kappa shape index (κ2) is 6.21. The lowest BCUT2D eigenvalue weighted by molar-refractivity contribution is 0.417. The number of hydrogen-bond acceptors (Lipinski definition) is 2. The first kappa shape index (κ1) is 13.4. The molecule has 2 aromatic rings. The standard InChI is InChI=1S/C15H18BrNO/c1-3-12-6-4-5-7-13(12)10-17-11(2)14-8-9-15(16)18-14/h4-9,11,17H,3,10H2,1-2H3. The van der Waals surface area contributed by atoms with E-state index >= 15 is 0 Å². The summed E-state index contributed by atoms with van der Waals surface area (Å²) in [5.74, 6) is 0.954. The Kier molecular flexibility index (Phi) is 4.61. The number of rotatable bonds is 5. The first-order chi connectivity index (χ1) is 8.70. The van der Waals surface area contributed by atoms with Gasteiger partial charge in [-0.15, -0.1) is 0 Å². The van der Waals surface area contributed by atoms with E-state index in [1.54, 1.807) is 0 Å². The largest absolute Gasteiger partial charge is 0.453 e. The van der Waals surface area contributed by atoms with Crippen molar-refractivity contribution in [2.45, 2.75) is 32.9 Å². The molecule has 3 heteroatoms. The molecule has 1 N–H and O–H groups in total.